The highest BCUT2D eigenvalue weighted by Crippen LogP contribution is 2.30. The van der Waals surface area contributed by atoms with Crippen LogP contribution in [0.15, 0.2) is 42.5 Å². The average Bonchev–Trinajstić information content (AvgIpc) is 2.82. The number of anilines is 1. The first-order valence-corrected chi connectivity index (χ1v) is 13.3. The van der Waals surface area contributed by atoms with Crippen LogP contribution in [-0.4, -0.2) is 64.7 Å². The molecule has 2 amide bonds. The molecule has 192 valence electrons. The summed E-state index contributed by atoms with van der Waals surface area (Å²) in [5, 5.41) is 2.96. The highest BCUT2D eigenvalue weighted by molar-refractivity contribution is 7.92. The summed E-state index contributed by atoms with van der Waals surface area (Å²) in [6, 6.07) is 10.8. The zero-order valence-electron chi connectivity index (χ0n) is 20.6. The first-order valence-electron chi connectivity index (χ1n) is 11.1. The zero-order chi connectivity index (χ0) is 26.2. The molecular formula is C24H32ClN3O6S. The highest BCUT2D eigenvalue weighted by Gasteiger charge is 2.31. The van der Waals surface area contributed by atoms with Gasteiger partial charge >= 0.3 is 0 Å². The molecule has 0 saturated heterocycles. The molecule has 0 radical (unpaired) electrons. The minimum Gasteiger partial charge on any atom is -0.497 e. The summed E-state index contributed by atoms with van der Waals surface area (Å²) >= 11 is 6.20. The fraction of sp³-hybridized carbons (Fsp3) is 0.417. The maximum Gasteiger partial charge on any atom is 0.244 e. The second-order valence-electron chi connectivity index (χ2n) is 7.78. The van der Waals surface area contributed by atoms with Crippen LogP contribution in [0, 0.1) is 0 Å². The van der Waals surface area contributed by atoms with E-state index in [2.05, 4.69) is 5.32 Å². The summed E-state index contributed by atoms with van der Waals surface area (Å²) in [7, 11) is -0.858. The van der Waals surface area contributed by atoms with Crippen LogP contribution in [0.5, 0.6) is 11.5 Å². The van der Waals surface area contributed by atoms with E-state index in [1.165, 1.54) is 30.2 Å². The molecule has 1 atom stereocenters. The molecule has 0 aliphatic rings. The van der Waals surface area contributed by atoms with Crippen molar-refractivity contribution in [3.8, 4) is 11.5 Å². The van der Waals surface area contributed by atoms with Gasteiger partial charge in [0.05, 0.1) is 31.2 Å². The Morgan fingerprint density at radius 1 is 1.06 bits per heavy atom. The van der Waals surface area contributed by atoms with E-state index >= 15 is 0 Å². The van der Waals surface area contributed by atoms with Crippen molar-refractivity contribution >= 4 is 39.1 Å². The number of methoxy groups -OCH3 is 2. The van der Waals surface area contributed by atoms with Gasteiger partial charge in [0, 0.05) is 13.1 Å². The van der Waals surface area contributed by atoms with E-state index in [0.29, 0.717) is 24.5 Å². The Kier molecular flexibility index (Phi) is 10.2. The van der Waals surface area contributed by atoms with Crippen molar-refractivity contribution in [3.63, 3.8) is 0 Å². The standard InChI is InChI=1S/C24H32ClN3O6S/c1-6-21(24(30)26-7-2)27(15-17-8-11-19(33-3)12-9-17)23(29)16-28(35(5,31)32)18-10-13-22(34-4)20(25)14-18/h8-14,21H,6-7,15-16H2,1-5H3,(H,26,30)/t21-/m0/s1. The van der Waals surface area contributed by atoms with Crippen LogP contribution >= 0.6 is 11.6 Å². The number of likely N-dealkylation sites (N-methyl/N-ethyl adjacent to an activating group) is 1. The van der Waals surface area contributed by atoms with Gasteiger partial charge in [0.15, 0.2) is 0 Å². The Morgan fingerprint density at radius 2 is 1.71 bits per heavy atom. The van der Waals surface area contributed by atoms with Crippen molar-refractivity contribution in [2.75, 3.05) is 37.9 Å². The maximum atomic E-state index is 13.6. The molecule has 0 aliphatic carbocycles. The van der Waals surface area contributed by atoms with Crippen LogP contribution in [0.3, 0.4) is 0 Å². The summed E-state index contributed by atoms with van der Waals surface area (Å²) in [6.07, 6.45) is 1.36. The van der Waals surface area contributed by atoms with Gasteiger partial charge in [0.1, 0.15) is 24.1 Å². The molecule has 2 aromatic carbocycles. The second-order valence-corrected chi connectivity index (χ2v) is 10.1. The van der Waals surface area contributed by atoms with Gasteiger partial charge < -0.3 is 19.7 Å². The topological polar surface area (TPSA) is 105 Å². The number of amides is 2. The largest absolute Gasteiger partial charge is 0.497 e. The smallest absolute Gasteiger partial charge is 0.244 e. The van der Waals surface area contributed by atoms with Gasteiger partial charge in [-0.05, 0) is 49.2 Å². The van der Waals surface area contributed by atoms with Crippen LogP contribution in [0.25, 0.3) is 0 Å². The number of benzene rings is 2. The van der Waals surface area contributed by atoms with E-state index in [0.717, 1.165) is 16.1 Å². The zero-order valence-corrected chi connectivity index (χ0v) is 22.1. The Morgan fingerprint density at radius 3 is 2.20 bits per heavy atom. The van der Waals surface area contributed by atoms with Gasteiger partial charge in [0.2, 0.25) is 21.8 Å². The summed E-state index contributed by atoms with van der Waals surface area (Å²) in [5.41, 5.74) is 0.974. The number of halogens is 1. The summed E-state index contributed by atoms with van der Waals surface area (Å²) in [6.45, 7) is 3.59. The molecule has 0 aromatic heterocycles. The van der Waals surface area contributed by atoms with Crippen LogP contribution in [0.2, 0.25) is 5.02 Å². The van der Waals surface area contributed by atoms with Crippen molar-refractivity contribution in [2.24, 2.45) is 0 Å². The molecule has 0 bridgehead atoms. The fourth-order valence-corrected chi connectivity index (χ4v) is 4.66. The lowest BCUT2D eigenvalue weighted by Gasteiger charge is -2.32. The summed E-state index contributed by atoms with van der Waals surface area (Å²) < 4.78 is 36.6. The molecule has 0 fully saturated rings. The molecule has 1 N–H and O–H groups in total. The molecule has 35 heavy (non-hydrogen) atoms. The molecule has 0 saturated carbocycles. The predicted octanol–water partition coefficient (Wildman–Crippen LogP) is 3.07. The van der Waals surface area contributed by atoms with Crippen molar-refractivity contribution in [3.05, 3.63) is 53.1 Å². The highest BCUT2D eigenvalue weighted by atomic mass is 35.5. The van der Waals surface area contributed by atoms with Crippen LogP contribution in [0.1, 0.15) is 25.8 Å². The Balaban J connectivity index is 2.44. The quantitative estimate of drug-likeness (QED) is 0.456. The molecule has 11 heteroatoms. The molecule has 9 nitrogen and oxygen atoms in total. The van der Waals surface area contributed by atoms with E-state index in [-0.39, 0.29) is 23.2 Å². The van der Waals surface area contributed by atoms with Gasteiger partial charge in [-0.15, -0.1) is 0 Å². The van der Waals surface area contributed by atoms with E-state index < -0.39 is 28.5 Å². The van der Waals surface area contributed by atoms with Crippen LogP contribution < -0.4 is 19.1 Å². The normalized spacial score (nSPS) is 11.9. The minimum absolute atomic E-state index is 0.111. The first kappa shape index (κ1) is 28.3. The monoisotopic (exact) mass is 525 g/mol. The molecular weight excluding hydrogens is 494 g/mol. The number of nitrogens with zero attached hydrogens (tertiary/aromatic N) is 2. The minimum atomic E-state index is -3.86. The van der Waals surface area contributed by atoms with Gasteiger partial charge in [-0.2, -0.15) is 0 Å². The van der Waals surface area contributed by atoms with E-state index in [4.69, 9.17) is 21.1 Å². The number of carbonyl (C=O) groups excluding carboxylic acids is 2. The van der Waals surface area contributed by atoms with Gasteiger partial charge in [-0.25, -0.2) is 8.42 Å². The summed E-state index contributed by atoms with van der Waals surface area (Å²) in [4.78, 5) is 27.8. The molecule has 2 aromatic rings. The molecule has 0 spiro atoms. The van der Waals surface area contributed by atoms with Crippen molar-refractivity contribution in [1.29, 1.82) is 0 Å². The molecule has 0 unspecified atom stereocenters. The van der Waals surface area contributed by atoms with E-state index in [1.54, 1.807) is 45.2 Å². The van der Waals surface area contributed by atoms with Gasteiger partial charge in [-0.1, -0.05) is 30.7 Å². The Bertz CT molecular complexity index is 1120. The van der Waals surface area contributed by atoms with Gasteiger partial charge in [0.25, 0.3) is 0 Å². The molecule has 0 aliphatic heterocycles. The van der Waals surface area contributed by atoms with Crippen molar-refractivity contribution in [2.45, 2.75) is 32.9 Å². The lowest BCUT2D eigenvalue weighted by Crippen LogP contribution is -2.52. The fourth-order valence-electron chi connectivity index (χ4n) is 3.56. The number of hydrogen-bond donors (Lipinski definition) is 1. The Labute approximate surface area is 212 Å². The van der Waals surface area contributed by atoms with Crippen LogP contribution in [0.4, 0.5) is 5.69 Å². The SMILES string of the molecule is CCNC(=O)[C@H](CC)N(Cc1ccc(OC)cc1)C(=O)CN(c1ccc(OC)c(Cl)c1)S(C)(=O)=O. The lowest BCUT2D eigenvalue weighted by atomic mass is 10.1. The third-order valence-electron chi connectivity index (χ3n) is 5.35. The number of sulfonamides is 1. The number of rotatable bonds is 12. The number of hydrogen-bond acceptors (Lipinski definition) is 6. The van der Waals surface area contributed by atoms with E-state index in [9.17, 15) is 18.0 Å². The number of nitrogens with one attached hydrogen (secondary N) is 1. The third-order valence-corrected chi connectivity index (χ3v) is 6.79. The predicted molar refractivity (Wildman–Crippen MR) is 137 cm³/mol. The summed E-state index contributed by atoms with van der Waals surface area (Å²) in [5.74, 6) is 0.187. The van der Waals surface area contributed by atoms with Crippen LogP contribution in [-0.2, 0) is 26.2 Å². The average molecular weight is 526 g/mol. The Hall–Kier alpha value is -2.98. The van der Waals surface area contributed by atoms with Gasteiger partial charge in [-0.3, -0.25) is 13.9 Å². The first-order chi connectivity index (χ1) is 16.5. The number of carbonyl (C=O) groups is 2. The van der Waals surface area contributed by atoms with Crippen molar-refractivity contribution < 1.29 is 27.5 Å². The molecule has 0 heterocycles. The lowest BCUT2D eigenvalue weighted by molar-refractivity contribution is -0.140. The van der Waals surface area contributed by atoms with Crippen molar-refractivity contribution in [1.82, 2.24) is 10.2 Å². The maximum absolute atomic E-state index is 13.6. The third kappa shape index (κ3) is 7.50. The van der Waals surface area contributed by atoms with E-state index in [1.807, 2.05) is 0 Å². The second kappa shape index (κ2) is 12.6. The molecule has 2 rings (SSSR count). The number of ether oxygens (including phenoxy) is 2.